The Labute approximate surface area is 133 Å². The van der Waals surface area contributed by atoms with Crippen LogP contribution in [0.3, 0.4) is 0 Å². The molecule has 5 heteroatoms. The fourth-order valence-corrected chi connectivity index (χ4v) is 3.23. The molecule has 0 radical (unpaired) electrons. The van der Waals surface area contributed by atoms with Crippen LogP contribution in [-0.2, 0) is 6.54 Å². The van der Waals surface area contributed by atoms with Crippen LogP contribution in [0.5, 0.6) is 0 Å². The van der Waals surface area contributed by atoms with E-state index in [-0.39, 0.29) is 11.8 Å². The Morgan fingerprint density at radius 1 is 1.14 bits per heavy atom. The largest absolute Gasteiger partial charge is 0.347 e. The lowest BCUT2D eigenvalue weighted by atomic mass is 10.1. The quantitative estimate of drug-likeness (QED) is 0.943. The minimum absolute atomic E-state index is 0.0775. The summed E-state index contributed by atoms with van der Waals surface area (Å²) in [5.74, 6) is 0.00945. The highest BCUT2D eigenvalue weighted by Crippen LogP contribution is 2.14. The normalized spacial score (nSPS) is 14.1. The lowest BCUT2D eigenvalue weighted by molar-refractivity contribution is 0.0792. The first-order chi connectivity index (χ1) is 10.7. The van der Waals surface area contributed by atoms with Gasteiger partial charge in [0.1, 0.15) is 0 Å². The van der Waals surface area contributed by atoms with Crippen LogP contribution in [0.25, 0.3) is 0 Å². The number of nitrogens with one attached hydrogen (secondary N) is 1. The van der Waals surface area contributed by atoms with Gasteiger partial charge in [0.05, 0.1) is 4.88 Å². The molecule has 0 atom stereocenters. The van der Waals surface area contributed by atoms with Crippen molar-refractivity contribution in [1.29, 1.82) is 0 Å². The SMILES string of the molecule is O=C(NCc1cccc(C(=O)N2CCCC2)c1)c1cccs1. The lowest BCUT2D eigenvalue weighted by Crippen LogP contribution is -2.28. The zero-order chi connectivity index (χ0) is 15.4. The summed E-state index contributed by atoms with van der Waals surface area (Å²) in [6.07, 6.45) is 2.17. The molecule has 0 bridgehead atoms. The Morgan fingerprint density at radius 3 is 2.68 bits per heavy atom. The van der Waals surface area contributed by atoms with Crippen molar-refractivity contribution in [2.24, 2.45) is 0 Å². The Bertz CT molecular complexity index is 661. The summed E-state index contributed by atoms with van der Waals surface area (Å²) in [4.78, 5) is 26.9. The third-order valence-electron chi connectivity index (χ3n) is 3.77. The van der Waals surface area contributed by atoms with Crippen LogP contribution in [0.1, 0.15) is 38.4 Å². The highest BCUT2D eigenvalue weighted by molar-refractivity contribution is 7.12. The molecular formula is C17H18N2O2S. The van der Waals surface area contributed by atoms with E-state index in [1.807, 2.05) is 40.6 Å². The van der Waals surface area contributed by atoms with E-state index in [0.717, 1.165) is 31.5 Å². The first kappa shape index (κ1) is 14.8. The van der Waals surface area contributed by atoms with Crippen LogP contribution in [0, 0.1) is 0 Å². The Kier molecular flexibility index (Phi) is 4.53. The van der Waals surface area contributed by atoms with Crippen molar-refractivity contribution in [2.75, 3.05) is 13.1 Å². The maximum atomic E-state index is 12.4. The fourth-order valence-electron chi connectivity index (χ4n) is 2.59. The van der Waals surface area contributed by atoms with E-state index in [1.165, 1.54) is 11.3 Å². The Balaban J connectivity index is 1.63. The van der Waals surface area contributed by atoms with Gasteiger partial charge < -0.3 is 10.2 Å². The van der Waals surface area contributed by atoms with Gasteiger partial charge in [-0.3, -0.25) is 9.59 Å². The standard InChI is InChI=1S/C17H18N2O2S/c20-16(15-7-4-10-22-15)18-12-13-5-3-6-14(11-13)17(21)19-8-1-2-9-19/h3-7,10-11H,1-2,8-9,12H2,(H,18,20). The van der Waals surface area contributed by atoms with Crippen molar-refractivity contribution >= 4 is 23.2 Å². The molecule has 1 aliphatic rings. The number of carbonyl (C=O) groups excluding carboxylic acids is 2. The molecule has 22 heavy (non-hydrogen) atoms. The number of benzene rings is 1. The number of hydrogen-bond acceptors (Lipinski definition) is 3. The van der Waals surface area contributed by atoms with Gasteiger partial charge in [0.15, 0.2) is 0 Å². The van der Waals surface area contributed by atoms with E-state index in [9.17, 15) is 9.59 Å². The van der Waals surface area contributed by atoms with Crippen molar-refractivity contribution in [3.8, 4) is 0 Å². The molecule has 1 aliphatic heterocycles. The molecule has 4 nitrogen and oxygen atoms in total. The predicted molar refractivity (Wildman–Crippen MR) is 87.1 cm³/mol. The second-order valence-corrected chi connectivity index (χ2v) is 6.31. The molecule has 0 saturated carbocycles. The summed E-state index contributed by atoms with van der Waals surface area (Å²) in [5.41, 5.74) is 1.64. The van der Waals surface area contributed by atoms with Crippen molar-refractivity contribution in [2.45, 2.75) is 19.4 Å². The van der Waals surface area contributed by atoms with Crippen LogP contribution in [0.2, 0.25) is 0 Å². The number of nitrogens with zero attached hydrogens (tertiary/aromatic N) is 1. The molecule has 2 heterocycles. The number of amides is 2. The number of carbonyl (C=O) groups is 2. The van der Waals surface area contributed by atoms with Gasteiger partial charge in [-0.1, -0.05) is 18.2 Å². The van der Waals surface area contributed by atoms with Gasteiger partial charge in [0.2, 0.25) is 0 Å². The molecule has 0 spiro atoms. The van der Waals surface area contributed by atoms with Crippen LogP contribution in [-0.4, -0.2) is 29.8 Å². The molecule has 2 aromatic rings. The smallest absolute Gasteiger partial charge is 0.261 e. The van der Waals surface area contributed by atoms with Crippen molar-refractivity contribution < 1.29 is 9.59 Å². The monoisotopic (exact) mass is 314 g/mol. The molecule has 1 saturated heterocycles. The fraction of sp³-hybridized carbons (Fsp3) is 0.294. The molecule has 1 aromatic carbocycles. The van der Waals surface area contributed by atoms with Crippen LogP contribution in [0.4, 0.5) is 0 Å². The number of likely N-dealkylation sites (tertiary alicyclic amines) is 1. The molecule has 0 aliphatic carbocycles. The van der Waals surface area contributed by atoms with Gasteiger partial charge in [-0.25, -0.2) is 0 Å². The molecule has 2 amide bonds. The van der Waals surface area contributed by atoms with Gasteiger partial charge in [-0.15, -0.1) is 11.3 Å². The average molecular weight is 314 g/mol. The van der Waals surface area contributed by atoms with Crippen LogP contribution >= 0.6 is 11.3 Å². The summed E-state index contributed by atoms with van der Waals surface area (Å²) in [6.45, 7) is 2.12. The highest BCUT2D eigenvalue weighted by atomic mass is 32.1. The molecule has 1 fully saturated rings. The second kappa shape index (κ2) is 6.75. The summed E-state index contributed by atoms with van der Waals surface area (Å²) in [5, 5.41) is 4.76. The molecule has 3 rings (SSSR count). The van der Waals surface area contributed by atoms with Crippen LogP contribution < -0.4 is 5.32 Å². The highest BCUT2D eigenvalue weighted by Gasteiger charge is 2.19. The molecular weight excluding hydrogens is 296 g/mol. The van der Waals surface area contributed by atoms with Gasteiger partial charge in [-0.05, 0) is 42.0 Å². The minimum atomic E-state index is -0.0775. The molecule has 0 unspecified atom stereocenters. The van der Waals surface area contributed by atoms with Gasteiger partial charge in [-0.2, -0.15) is 0 Å². The number of thiophene rings is 1. The Hall–Kier alpha value is -2.14. The minimum Gasteiger partial charge on any atom is -0.347 e. The zero-order valence-electron chi connectivity index (χ0n) is 12.2. The summed E-state index contributed by atoms with van der Waals surface area (Å²) in [6, 6.07) is 11.2. The maximum Gasteiger partial charge on any atom is 0.261 e. The van der Waals surface area contributed by atoms with Gasteiger partial charge >= 0.3 is 0 Å². The average Bonchev–Trinajstić information content (AvgIpc) is 3.25. The molecule has 114 valence electrons. The third kappa shape index (κ3) is 3.36. The molecule has 1 N–H and O–H groups in total. The van der Waals surface area contributed by atoms with Crippen molar-refractivity contribution in [3.63, 3.8) is 0 Å². The zero-order valence-corrected chi connectivity index (χ0v) is 13.1. The van der Waals surface area contributed by atoms with Gasteiger partial charge in [0.25, 0.3) is 11.8 Å². The predicted octanol–water partition coefficient (Wildman–Crippen LogP) is 2.91. The Morgan fingerprint density at radius 2 is 1.95 bits per heavy atom. The van der Waals surface area contributed by atoms with Crippen molar-refractivity contribution in [3.05, 3.63) is 57.8 Å². The van der Waals surface area contributed by atoms with E-state index >= 15 is 0 Å². The third-order valence-corrected chi connectivity index (χ3v) is 4.63. The summed E-state index contributed by atoms with van der Waals surface area (Å²) < 4.78 is 0. The van der Waals surface area contributed by atoms with Gasteiger partial charge in [0, 0.05) is 25.2 Å². The molecule has 1 aromatic heterocycles. The first-order valence-electron chi connectivity index (χ1n) is 7.44. The number of hydrogen-bond donors (Lipinski definition) is 1. The second-order valence-electron chi connectivity index (χ2n) is 5.36. The number of rotatable bonds is 4. The topological polar surface area (TPSA) is 49.4 Å². The maximum absolute atomic E-state index is 12.4. The lowest BCUT2D eigenvalue weighted by Gasteiger charge is -2.15. The summed E-state index contributed by atoms with van der Waals surface area (Å²) >= 11 is 1.42. The van der Waals surface area contributed by atoms with E-state index < -0.39 is 0 Å². The van der Waals surface area contributed by atoms with E-state index in [0.29, 0.717) is 17.0 Å². The van der Waals surface area contributed by atoms with Crippen molar-refractivity contribution in [1.82, 2.24) is 10.2 Å². The van der Waals surface area contributed by atoms with E-state index in [2.05, 4.69) is 5.32 Å². The first-order valence-corrected chi connectivity index (χ1v) is 8.32. The van der Waals surface area contributed by atoms with E-state index in [1.54, 1.807) is 6.07 Å². The van der Waals surface area contributed by atoms with E-state index in [4.69, 9.17) is 0 Å². The van der Waals surface area contributed by atoms with Crippen LogP contribution in [0.15, 0.2) is 41.8 Å². The summed E-state index contributed by atoms with van der Waals surface area (Å²) in [7, 11) is 0.